The SMILES string of the molecule is FC(F)(F)c1ccc(N2CCC3CNCC32)cn1. The van der Waals surface area contributed by atoms with Gasteiger partial charge in [-0.15, -0.1) is 0 Å². The van der Waals surface area contributed by atoms with Crippen molar-refractivity contribution >= 4 is 5.69 Å². The molecule has 2 aliphatic heterocycles. The highest BCUT2D eigenvalue weighted by molar-refractivity contribution is 5.48. The van der Waals surface area contributed by atoms with Gasteiger partial charge in [-0.25, -0.2) is 4.98 Å². The first-order valence-electron chi connectivity index (χ1n) is 6.06. The van der Waals surface area contributed by atoms with Crippen molar-refractivity contribution in [3.8, 4) is 0 Å². The number of alkyl halides is 3. The number of pyridine rings is 1. The molecule has 2 unspecified atom stereocenters. The van der Waals surface area contributed by atoms with Crippen molar-refractivity contribution in [2.45, 2.75) is 18.6 Å². The Balaban J connectivity index is 1.81. The van der Waals surface area contributed by atoms with Gasteiger partial charge < -0.3 is 10.2 Å². The van der Waals surface area contributed by atoms with Crippen LogP contribution in [0.5, 0.6) is 0 Å². The van der Waals surface area contributed by atoms with Crippen LogP contribution >= 0.6 is 0 Å². The van der Waals surface area contributed by atoms with Gasteiger partial charge in [0.05, 0.1) is 11.9 Å². The van der Waals surface area contributed by atoms with Crippen molar-refractivity contribution in [3.63, 3.8) is 0 Å². The molecule has 2 fully saturated rings. The molecule has 3 heterocycles. The molecule has 0 spiro atoms. The molecule has 0 radical (unpaired) electrons. The Hall–Kier alpha value is -1.30. The van der Waals surface area contributed by atoms with Crippen LogP contribution in [0, 0.1) is 5.92 Å². The summed E-state index contributed by atoms with van der Waals surface area (Å²) in [5.74, 6) is 0.618. The van der Waals surface area contributed by atoms with Crippen LogP contribution in [0.3, 0.4) is 0 Å². The van der Waals surface area contributed by atoms with E-state index in [4.69, 9.17) is 0 Å². The molecular formula is C12H14F3N3. The Kier molecular flexibility index (Phi) is 2.69. The van der Waals surface area contributed by atoms with E-state index in [1.807, 2.05) is 0 Å². The minimum Gasteiger partial charge on any atom is -0.366 e. The third kappa shape index (κ3) is 1.94. The van der Waals surface area contributed by atoms with Crippen LogP contribution in [-0.2, 0) is 6.18 Å². The molecule has 0 saturated carbocycles. The minimum atomic E-state index is -4.36. The van der Waals surface area contributed by atoms with Gasteiger partial charge in [0.15, 0.2) is 0 Å². The van der Waals surface area contributed by atoms with Crippen LogP contribution in [0.4, 0.5) is 18.9 Å². The lowest BCUT2D eigenvalue weighted by Gasteiger charge is -2.25. The molecule has 0 bridgehead atoms. The van der Waals surface area contributed by atoms with E-state index in [0.717, 1.165) is 37.8 Å². The maximum absolute atomic E-state index is 12.4. The Morgan fingerprint density at radius 1 is 1.28 bits per heavy atom. The molecule has 98 valence electrons. The summed E-state index contributed by atoms with van der Waals surface area (Å²) in [5.41, 5.74) is -0.0363. The average Bonchev–Trinajstić information content (AvgIpc) is 2.89. The van der Waals surface area contributed by atoms with Crippen molar-refractivity contribution in [1.29, 1.82) is 0 Å². The van der Waals surface area contributed by atoms with E-state index in [0.29, 0.717) is 12.0 Å². The van der Waals surface area contributed by atoms with Crippen molar-refractivity contribution < 1.29 is 13.2 Å². The van der Waals surface area contributed by atoms with Crippen LogP contribution in [0.2, 0.25) is 0 Å². The van der Waals surface area contributed by atoms with Crippen molar-refractivity contribution in [2.24, 2.45) is 5.92 Å². The van der Waals surface area contributed by atoms with Gasteiger partial charge >= 0.3 is 6.18 Å². The van der Waals surface area contributed by atoms with Gasteiger partial charge in [0.25, 0.3) is 0 Å². The maximum atomic E-state index is 12.4. The average molecular weight is 257 g/mol. The standard InChI is InChI=1S/C12H14F3N3/c13-12(14,15)11-2-1-9(6-17-11)18-4-3-8-5-16-7-10(8)18/h1-2,6,8,10,16H,3-5,7H2. The maximum Gasteiger partial charge on any atom is 0.433 e. The molecule has 0 amide bonds. The van der Waals surface area contributed by atoms with E-state index in [-0.39, 0.29) is 0 Å². The Morgan fingerprint density at radius 2 is 2.11 bits per heavy atom. The zero-order valence-electron chi connectivity index (χ0n) is 9.74. The first-order chi connectivity index (χ1) is 8.55. The van der Waals surface area contributed by atoms with Crippen molar-refractivity contribution in [3.05, 3.63) is 24.0 Å². The topological polar surface area (TPSA) is 28.2 Å². The second-order valence-electron chi connectivity index (χ2n) is 4.87. The summed E-state index contributed by atoms with van der Waals surface area (Å²) in [6.07, 6.45) is -1.93. The van der Waals surface area contributed by atoms with E-state index in [1.165, 1.54) is 12.3 Å². The van der Waals surface area contributed by atoms with E-state index in [2.05, 4.69) is 15.2 Å². The number of aromatic nitrogens is 1. The lowest BCUT2D eigenvalue weighted by molar-refractivity contribution is -0.141. The quantitative estimate of drug-likeness (QED) is 0.833. The van der Waals surface area contributed by atoms with Crippen LogP contribution < -0.4 is 10.2 Å². The van der Waals surface area contributed by atoms with Gasteiger partial charge in [-0.2, -0.15) is 13.2 Å². The first kappa shape index (κ1) is 11.8. The predicted molar refractivity (Wildman–Crippen MR) is 61.3 cm³/mol. The summed E-state index contributed by atoms with van der Waals surface area (Å²) in [6, 6.07) is 2.99. The molecule has 6 heteroatoms. The first-order valence-corrected chi connectivity index (χ1v) is 6.06. The highest BCUT2D eigenvalue weighted by Crippen LogP contribution is 2.33. The molecular weight excluding hydrogens is 243 g/mol. The fourth-order valence-electron chi connectivity index (χ4n) is 2.89. The van der Waals surface area contributed by atoms with Crippen molar-refractivity contribution in [1.82, 2.24) is 10.3 Å². The Morgan fingerprint density at radius 3 is 2.78 bits per heavy atom. The summed E-state index contributed by atoms with van der Waals surface area (Å²) >= 11 is 0. The van der Waals surface area contributed by atoms with E-state index >= 15 is 0 Å². The molecule has 0 aliphatic carbocycles. The zero-order valence-corrected chi connectivity index (χ0v) is 9.74. The van der Waals surface area contributed by atoms with Gasteiger partial charge in [0, 0.05) is 25.7 Å². The van der Waals surface area contributed by atoms with Gasteiger partial charge in [-0.1, -0.05) is 0 Å². The Labute approximate surface area is 103 Å². The highest BCUT2D eigenvalue weighted by Gasteiger charge is 2.38. The van der Waals surface area contributed by atoms with Crippen LogP contribution in [-0.4, -0.2) is 30.7 Å². The van der Waals surface area contributed by atoms with E-state index in [9.17, 15) is 13.2 Å². The fourth-order valence-corrected chi connectivity index (χ4v) is 2.89. The molecule has 18 heavy (non-hydrogen) atoms. The fraction of sp³-hybridized carbons (Fsp3) is 0.583. The number of hydrogen-bond acceptors (Lipinski definition) is 3. The number of hydrogen-bond donors (Lipinski definition) is 1. The number of nitrogens with one attached hydrogen (secondary N) is 1. The smallest absolute Gasteiger partial charge is 0.366 e. The summed E-state index contributed by atoms with van der Waals surface area (Å²) < 4.78 is 37.3. The number of rotatable bonds is 1. The molecule has 2 saturated heterocycles. The van der Waals surface area contributed by atoms with Crippen LogP contribution in [0.25, 0.3) is 0 Å². The molecule has 1 aromatic heterocycles. The lowest BCUT2D eigenvalue weighted by atomic mass is 10.1. The van der Waals surface area contributed by atoms with Gasteiger partial charge in [0.2, 0.25) is 0 Å². The summed E-state index contributed by atoms with van der Waals surface area (Å²) in [4.78, 5) is 5.69. The third-order valence-electron chi connectivity index (χ3n) is 3.82. The number of nitrogens with zero attached hydrogens (tertiary/aromatic N) is 2. The van der Waals surface area contributed by atoms with Gasteiger partial charge in [-0.05, 0) is 24.5 Å². The van der Waals surface area contributed by atoms with Gasteiger partial charge in [0.1, 0.15) is 5.69 Å². The second kappa shape index (κ2) is 4.12. The third-order valence-corrected chi connectivity index (χ3v) is 3.82. The Bertz CT molecular complexity index is 429. The zero-order chi connectivity index (χ0) is 12.8. The number of fused-ring (bicyclic) bond motifs is 1. The minimum absolute atomic E-state index is 0.406. The molecule has 1 N–H and O–H groups in total. The molecule has 1 aromatic rings. The monoisotopic (exact) mass is 257 g/mol. The lowest BCUT2D eigenvalue weighted by Crippen LogP contribution is -2.34. The largest absolute Gasteiger partial charge is 0.433 e. The molecule has 2 aliphatic rings. The summed E-state index contributed by atoms with van der Waals surface area (Å²) in [5, 5.41) is 3.32. The van der Waals surface area contributed by atoms with Crippen molar-refractivity contribution in [2.75, 3.05) is 24.5 Å². The highest BCUT2D eigenvalue weighted by atomic mass is 19.4. The number of halogens is 3. The summed E-state index contributed by atoms with van der Waals surface area (Å²) in [7, 11) is 0. The molecule has 3 rings (SSSR count). The van der Waals surface area contributed by atoms with Crippen LogP contribution in [0.15, 0.2) is 18.3 Å². The predicted octanol–water partition coefficient (Wildman–Crippen LogP) is 1.90. The molecule has 3 nitrogen and oxygen atoms in total. The summed E-state index contributed by atoms with van der Waals surface area (Å²) in [6.45, 7) is 2.82. The normalized spacial score (nSPS) is 27.6. The number of anilines is 1. The van der Waals surface area contributed by atoms with E-state index in [1.54, 1.807) is 0 Å². The molecule has 0 aromatic carbocycles. The van der Waals surface area contributed by atoms with E-state index < -0.39 is 11.9 Å². The van der Waals surface area contributed by atoms with Gasteiger partial charge in [-0.3, -0.25) is 0 Å². The second-order valence-corrected chi connectivity index (χ2v) is 4.87. The molecule has 2 atom stereocenters. The van der Waals surface area contributed by atoms with Crippen LogP contribution in [0.1, 0.15) is 12.1 Å².